The highest BCUT2D eigenvalue weighted by atomic mass is 32.2. The van der Waals surface area contributed by atoms with E-state index in [1.807, 2.05) is 13.8 Å². The van der Waals surface area contributed by atoms with Gasteiger partial charge in [0.25, 0.3) is 0 Å². The smallest absolute Gasteiger partial charge is 0.124 e. The lowest BCUT2D eigenvalue weighted by molar-refractivity contribution is -0.0890. The Bertz CT molecular complexity index is 608. The van der Waals surface area contributed by atoms with Crippen LogP contribution in [0.2, 0.25) is 0 Å². The number of ether oxygens (including phenoxy) is 1. The van der Waals surface area contributed by atoms with Crippen LogP contribution >= 0.6 is 0 Å². The van der Waals surface area contributed by atoms with Crippen molar-refractivity contribution in [1.29, 1.82) is 0 Å². The van der Waals surface area contributed by atoms with Crippen LogP contribution in [0, 0.1) is 5.92 Å². The predicted molar refractivity (Wildman–Crippen MR) is 120 cm³/mol. The van der Waals surface area contributed by atoms with Crippen LogP contribution in [-0.2, 0) is 15.7 Å². The zero-order chi connectivity index (χ0) is 21.6. The summed E-state index contributed by atoms with van der Waals surface area (Å²) in [6.07, 6.45) is 7.70. The third-order valence-corrected chi connectivity index (χ3v) is 7.20. The molecular formula is C22H41N3O3S. The molecule has 0 radical (unpaired) electrons. The lowest BCUT2D eigenvalue weighted by Gasteiger charge is -2.45. The fourth-order valence-corrected chi connectivity index (χ4v) is 4.59. The highest BCUT2D eigenvalue weighted by Crippen LogP contribution is 2.30. The second kappa shape index (κ2) is 11.5. The number of hydrogen-bond acceptors (Lipinski definition) is 5. The van der Waals surface area contributed by atoms with Gasteiger partial charge in [0, 0.05) is 35.7 Å². The molecule has 6 atom stereocenters. The molecule has 1 fully saturated rings. The molecule has 0 aromatic carbocycles. The largest absolute Gasteiger partial charge is 0.374 e. The summed E-state index contributed by atoms with van der Waals surface area (Å²) in [7, 11) is -0.965. The zero-order valence-corrected chi connectivity index (χ0v) is 19.8. The summed E-state index contributed by atoms with van der Waals surface area (Å²) < 4.78 is 20.6. The van der Waals surface area contributed by atoms with Crippen LogP contribution in [-0.4, -0.2) is 57.0 Å². The van der Waals surface area contributed by atoms with Gasteiger partial charge in [0.1, 0.15) is 6.23 Å². The molecule has 168 valence electrons. The van der Waals surface area contributed by atoms with Gasteiger partial charge in [0.2, 0.25) is 0 Å². The van der Waals surface area contributed by atoms with Crippen molar-refractivity contribution >= 4 is 11.0 Å². The van der Waals surface area contributed by atoms with Gasteiger partial charge in [-0.1, -0.05) is 6.92 Å². The predicted octanol–water partition coefficient (Wildman–Crippen LogP) is 3.03. The summed E-state index contributed by atoms with van der Waals surface area (Å²) in [6.45, 7) is 14.3. The van der Waals surface area contributed by atoms with E-state index in [-0.39, 0.29) is 17.5 Å². The Hall–Kier alpha value is -0.890. The van der Waals surface area contributed by atoms with Gasteiger partial charge in [-0.05, 0) is 72.5 Å². The lowest BCUT2D eigenvalue weighted by atomic mass is 9.93. The zero-order valence-electron chi connectivity index (χ0n) is 19.0. The number of unbranched alkanes of at least 4 members (excludes halogenated alkanes) is 1. The van der Waals surface area contributed by atoms with Gasteiger partial charge in [-0.25, -0.2) is 8.93 Å². The molecule has 0 saturated carbocycles. The van der Waals surface area contributed by atoms with E-state index in [1.165, 1.54) is 5.70 Å². The molecule has 0 bridgehead atoms. The minimum atomic E-state index is -0.965. The fourth-order valence-electron chi connectivity index (χ4n) is 3.91. The van der Waals surface area contributed by atoms with Crippen LogP contribution < -0.4 is 10.0 Å². The van der Waals surface area contributed by atoms with E-state index in [9.17, 15) is 9.32 Å². The fraction of sp³-hybridized carbons (Fsp3) is 0.818. The van der Waals surface area contributed by atoms with Crippen LogP contribution in [0.15, 0.2) is 23.5 Å². The molecule has 1 aliphatic heterocycles. The molecule has 1 saturated heterocycles. The number of morpholine rings is 1. The number of nitrogens with zero attached hydrogens (tertiary/aromatic N) is 1. The van der Waals surface area contributed by atoms with Crippen LogP contribution in [0.3, 0.4) is 0 Å². The summed E-state index contributed by atoms with van der Waals surface area (Å²) in [5.41, 5.74) is 2.46. The van der Waals surface area contributed by atoms with Crippen LogP contribution in [0.5, 0.6) is 0 Å². The molecular weight excluding hydrogens is 386 g/mol. The van der Waals surface area contributed by atoms with Crippen LogP contribution in [0.4, 0.5) is 0 Å². The number of aliphatic hydroxyl groups is 1. The van der Waals surface area contributed by atoms with E-state index in [0.717, 1.165) is 38.0 Å². The van der Waals surface area contributed by atoms with E-state index >= 15 is 0 Å². The quantitative estimate of drug-likeness (QED) is 0.369. The van der Waals surface area contributed by atoms with E-state index in [0.29, 0.717) is 18.4 Å². The number of aliphatic hydroxyl groups excluding tert-OH is 1. The van der Waals surface area contributed by atoms with E-state index in [1.54, 1.807) is 0 Å². The Balaban J connectivity index is 1.80. The van der Waals surface area contributed by atoms with E-state index in [4.69, 9.17) is 4.74 Å². The highest BCUT2D eigenvalue weighted by Gasteiger charge is 2.32. The maximum atomic E-state index is 11.7. The molecule has 6 unspecified atom stereocenters. The summed E-state index contributed by atoms with van der Waals surface area (Å²) in [4.78, 5) is 2.48. The summed E-state index contributed by atoms with van der Waals surface area (Å²) >= 11 is 0. The van der Waals surface area contributed by atoms with Crippen molar-refractivity contribution in [2.75, 3.05) is 13.1 Å². The van der Waals surface area contributed by atoms with Crippen molar-refractivity contribution in [3.8, 4) is 0 Å². The minimum Gasteiger partial charge on any atom is -0.374 e. The normalized spacial score (nSPS) is 30.0. The van der Waals surface area contributed by atoms with Crippen molar-refractivity contribution in [3.05, 3.63) is 23.5 Å². The second-order valence-corrected chi connectivity index (χ2v) is 10.7. The first-order chi connectivity index (χ1) is 13.7. The molecule has 1 heterocycles. The Morgan fingerprint density at radius 1 is 1.24 bits per heavy atom. The van der Waals surface area contributed by atoms with Crippen LogP contribution in [0.25, 0.3) is 0 Å². The van der Waals surface area contributed by atoms with Crippen molar-refractivity contribution in [1.82, 2.24) is 14.9 Å². The maximum absolute atomic E-state index is 11.7. The topological polar surface area (TPSA) is 73.8 Å². The third kappa shape index (κ3) is 7.39. The first kappa shape index (κ1) is 24.4. The molecule has 7 heteroatoms. The SMILES string of the molecule is CC1CN(C2=CC=C(NC(O)CCCCNS(=O)C(C)C)C(C)C2)C(C)C(C)O1. The molecule has 0 spiro atoms. The number of hydrogen-bond donors (Lipinski definition) is 3. The molecule has 2 aliphatic rings. The highest BCUT2D eigenvalue weighted by molar-refractivity contribution is 7.83. The Labute approximate surface area is 179 Å². The Kier molecular flexibility index (Phi) is 9.66. The van der Waals surface area contributed by atoms with E-state index in [2.05, 4.69) is 54.8 Å². The van der Waals surface area contributed by atoms with Crippen molar-refractivity contribution in [2.24, 2.45) is 5.92 Å². The van der Waals surface area contributed by atoms with Gasteiger partial charge in [0.05, 0.1) is 29.2 Å². The molecule has 0 aromatic heterocycles. The third-order valence-electron chi connectivity index (χ3n) is 5.85. The Morgan fingerprint density at radius 2 is 1.97 bits per heavy atom. The van der Waals surface area contributed by atoms with Gasteiger partial charge >= 0.3 is 0 Å². The van der Waals surface area contributed by atoms with Crippen molar-refractivity contribution in [3.63, 3.8) is 0 Å². The van der Waals surface area contributed by atoms with Crippen molar-refractivity contribution in [2.45, 2.75) is 97.0 Å². The van der Waals surface area contributed by atoms with Gasteiger partial charge in [0.15, 0.2) is 0 Å². The average molecular weight is 428 g/mol. The molecule has 2 rings (SSSR count). The monoisotopic (exact) mass is 427 g/mol. The molecule has 1 aliphatic carbocycles. The second-order valence-electron chi connectivity index (χ2n) is 8.83. The van der Waals surface area contributed by atoms with Gasteiger partial charge in [-0.2, -0.15) is 0 Å². The molecule has 3 N–H and O–H groups in total. The number of allylic oxidation sites excluding steroid dienone is 4. The van der Waals surface area contributed by atoms with E-state index < -0.39 is 17.2 Å². The van der Waals surface area contributed by atoms with Gasteiger partial charge < -0.3 is 20.1 Å². The number of nitrogens with one attached hydrogen (secondary N) is 2. The summed E-state index contributed by atoms with van der Waals surface area (Å²) in [5.74, 6) is 0.348. The molecule has 0 amide bonds. The Morgan fingerprint density at radius 3 is 2.62 bits per heavy atom. The lowest BCUT2D eigenvalue weighted by Crippen LogP contribution is -2.51. The standard InChI is InChI=1S/C22H41N3O3S/c1-15(2)29(27)23-12-8-7-9-22(26)24-21-11-10-20(13-16(21)3)25-14-17(4)28-19(6)18(25)5/h10-11,15-19,22-24,26H,7-9,12-14H2,1-6H3. The summed E-state index contributed by atoms with van der Waals surface area (Å²) in [6, 6.07) is 0.372. The van der Waals surface area contributed by atoms with Gasteiger partial charge in [-0.3, -0.25) is 0 Å². The maximum Gasteiger partial charge on any atom is 0.124 e. The van der Waals surface area contributed by atoms with Gasteiger partial charge in [-0.15, -0.1) is 0 Å². The molecule has 29 heavy (non-hydrogen) atoms. The van der Waals surface area contributed by atoms with Crippen molar-refractivity contribution < 1.29 is 14.1 Å². The first-order valence-corrected chi connectivity index (χ1v) is 12.3. The molecule has 6 nitrogen and oxygen atoms in total. The average Bonchev–Trinajstić information content (AvgIpc) is 2.65. The summed E-state index contributed by atoms with van der Waals surface area (Å²) in [5, 5.41) is 13.8. The number of rotatable bonds is 10. The first-order valence-electron chi connectivity index (χ1n) is 11.1. The minimum absolute atomic E-state index is 0.131. The molecule has 0 aromatic rings. The van der Waals surface area contributed by atoms with Crippen LogP contribution in [0.1, 0.15) is 67.2 Å².